The molecule has 0 bridgehead atoms. The second-order valence-electron chi connectivity index (χ2n) is 2.11. The van der Waals surface area contributed by atoms with E-state index < -0.39 is 0 Å². The van der Waals surface area contributed by atoms with Gasteiger partial charge in [0.05, 0.1) is 18.6 Å². The van der Waals surface area contributed by atoms with Gasteiger partial charge < -0.3 is 4.74 Å². The lowest BCUT2D eigenvalue weighted by Gasteiger charge is -1.68. The molecule has 1 heterocycles. The van der Waals surface area contributed by atoms with Gasteiger partial charge in [-0.3, -0.25) is 0 Å². The molecule has 1 aliphatic heterocycles. The number of hydrogen-bond donors (Lipinski definition) is 0. The molecule has 2 heteroatoms. The second kappa shape index (κ2) is 6.37. The van der Waals surface area contributed by atoms with Crippen molar-refractivity contribution in [2.24, 2.45) is 0 Å². The van der Waals surface area contributed by atoms with E-state index in [0.29, 0.717) is 12.0 Å². The molecule has 0 aromatic rings. The lowest BCUT2D eigenvalue weighted by atomic mass is 10.4. The van der Waals surface area contributed by atoms with Crippen LogP contribution in [0.25, 0.3) is 0 Å². The van der Waals surface area contributed by atoms with Gasteiger partial charge in [0.15, 0.2) is 0 Å². The predicted molar refractivity (Wildman–Crippen MR) is 41.0 cm³/mol. The molecule has 0 N–H and O–H groups in total. The molecule has 0 saturated carbocycles. The number of epoxide rings is 1. The van der Waals surface area contributed by atoms with E-state index in [1.807, 2.05) is 0 Å². The molecule has 0 spiro atoms. The Morgan fingerprint density at radius 1 is 1.44 bits per heavy atom. The lowest BCUT2D eigenvalue weighted by molar-refractivity contribution is 0.425. The molecule has 0 aliphatic carbocycles. The summed E-state index contributed by atoms with van der Waals surface area (Å²) in [4.78, 5) is 0. The third-order valence-corrected chi connectivity index (χ3v) is 1.42. The third kappa shape index (κ3) is 8.25. The first kappa shape index (κ1) is 9.25. The molecule has 0 radical (unpaired) electrons. The van der Waals surface area contributed by atoms with E-state index in [4.69, 9.17) is 16.3 Å². The van der Waals surface area contributed by atoms with E-state index in [0.717, 1.165) is 6.61 Å². The van der Waals surface area contributed by atoms with Crippen molar-refractivity contribution in [1.29, 1.82) is 0 Å². The minimum absolute atomic E-state index is 0.400. The van der Waals surface area contributed by atoms with Gasteiger partial charge in [0.2, 0.25) is 0 Å². The van der Waals surface area contributed by atoms with Crippen molar-refractivity contribution in [3.63, 3.8) is 0 Å². The van der Waals surface area contributed by atoms with Crippen molar-refractivity contribution < 1.29 is 4.74 Å². The summed E-state index contributed by atoms with van der Waals surface area (Å²) in [6.45, 7) is 5.24. The fraction of sp³-hybridized carbons (Fsp3) is 1.00. The largest absolute Gasteiger partial charge is 0.372 e. The van der Waals surface area contributed by atoms with Crippen LogP contribution in [0.15, 0.2) is 0 Å². The van der Waals surface area contributed by atoms with Crippen LogP contribution >= 0.6 is 11.6 Å². The summed E-state index contributed by atoms with van der Waals surface area (Å²) in [5.41, 5.74) is 0. The Morgan fingerprint density at radius 3 is 1.89 bits per heavy atom. The van der Waals surface area contributed by atoms with Gasteiger partial charge in [-0.15, -0.1) is 11.6 Å². The molecule has 1 rings (SSSR count). The zero-order valence-electron chi connectivity index (χ0n) is 6.19. The van der Waals surface area contributed by atoms with Crippen LogP contribution in [0, 0.1) is 0 Å². The Morgan fingerprint density at radius 2 is 1.89 bits per heavy atom. The highest BCUT2D eigenvalue weighted by molar-refractivity contribution is 6.18. The van der Waals surface area contributed by atoms with E-state index in [2.05, 4.69) is 13.8 Å². The van der Waals surface area contributed by atoms with Crippen LogP contribution in [0.4, 0.5) is 0 Å². The summed E-state index contributed by atoms with van der Waals surface area (Å²) >= 11 is 5.27. The molecule has 0 amide bonds. The average molecular weight is 151 g/mol. The normalized spacial score (nSPS) is 22.3. The van der Waals surface area contributed by atoms with Crippen LogP contribution in [-0.4, -0.2) is 18.6 Å². The number of hydrogen-bond acceptors (Lipinski definition) is 1. The van der Waals surface area contributed by atoms with Crippen LogP contribution in [-0.2, 0) is 4.74 Å². The highest BCUT2D eigenvalue weighted by Crippen LogP contribution is 2.08. The molecule has 1 unspecified atom stereocenters. The van der Waals surface area contributed by atoms with Crippen molar-refractivity contribution in [3.8, 4) is 0 Å². The molecule has 1 atom stereocenters. The maximum absolute atomic E-state index is 5.27. The standard InChI is InChI=1S/C4H10.C3H5ClO/c1-3-4-2;4-1-3-2-5-3/h3-4H2,1-2H3;3H,1-2H2. The van der Waals surface area contributed by atoms with Gasteiger partial charge >= 0.3 is 0 Å². The number of unbranched alkanes of at least 4 members (excludes halogenated alkanes) is 1. The van der Waals surface area contributed by atoms with Gasteiger partial charge in [-0.1, -0.05) is 26.7 Å². The molecular weight excluding hydrogens is 136 g/mol. The van der Waals surface area contributed by atoms with E-state index >= 15 is 0 Å². The van der Waals surface area contributed by atoms with Crippen LogP contribution in [0.1, 0.15) is 26.7 Å². The van der Waals surface area contributed by atoms with Gasteiger partial charge in [0, 0.05) is 0 Å². The van der Waals surface area contributed by atoms with Gasteiger partial charge in [-0.25, -0.2) is 0 Å². The Bertz CT molecular complexity index is 50.9. The summed E-state index contributed by atoms with van der Waals surface area (Å²) in [5, 5.41) is 0. The van der Waals surface area contributed by atoms with E-state index in [9.17, 15) is 0 Å². The Labute approximate surface area is 62.3 Å². The third-order valence-electron chi connectivity index (χ3n) is 1.07. The minimum atomic E-state index is 0.400. The Balaban J connectivity index is 0.000000148. The summed E-state index contributed by atoms with van der Waals surface area (Å²) in [5.74, 6) is 0.667. The maximum atomic E-state index is 5.27. The van der Waals surface area contributed by atoms with Gasteiger partial charge in [-0.05, 0) is 0 Å². The summed E-state index contributed by atoms with van der Waals surface area (Å²) in [6.07, 6.45) is 3.04. The Kier molecular flexibility index (Phi) is 6.55. The van der Waals surface area contributed by atoms with Crippen LogP contribution in [0.3, 0.4) is 0 Å². The first-order valence-corrected chi connectivity index (χ1v) is 4.06. The number of rotatable bonds is 2. The zero-order chi connectivity index (χ0) is 7.11. The molecule has 56 valence electrons. The van der Waals surface area contributed by atoms with Crippen LogP contribution in [0.5, 0.6) is 0 Å². The van der Waals surface area contributed by atoms with Gasteiger partial charge in [0.1, 0.15) is 0 Å². The predicted octanol–water partition coefficient (Wildman–Crippen LogP) is 2.43. The maximum Gasteiger partial charge on any atom is 0.0944 e. The van der Waals surface area contributed by atoms with E-state index in [-0.39, 0.29) is 0 Å². The number of ether oxygens (including phenoxy) is 1. The monoisotopic (exact) mass is 150 g/mol. The van der Waals surface area contributed by atoms with Crippen molar-refractivity contribution >= 4 is 11.6 Å². The Hall–Kier alpha value is 0.250. The summed E-state index contributed by atoms with van der Waals surface area (Å²) in [7, 11) is 0. The van der Waals surface area contributed by atoms with Gasteiger partial charge in [-0.2, -0.15) is 0 Å². The second-order valence-corrected chi connectivity index (χ2v) is 2.42. The fourth-order valence-corrected chi connectivity index (χ4v) is 0.335. The number of halogens is 1. The first-order chi connectivity index (χ1) is 4.35. The van der Waals surface area contributed by atoms with Crippen molar-refractivity contribution in [3.05, 3.63) is 0 Å². The lowest BCUT2D eigenvalue weighted by Crippen LogP contribution is -1.80. The highest BCUT2D eigenvalue weighted by Gasteiger charge is 2.19. The topological polar surface area (TPSA) is 12.5 Å². The van der Waals surface area contributed by atoms with E-state index in [1.165, 1.54) is 12.8 Å². The molecular formula is C7H15ClO. The SMILES string of the molecule is CCCC.ClCC1CO1. The molecule has 1 nitrogen and oxygen atoms in total. The smallest absolute Gasteiger partial charge is 0.0944 e. The van der Waals surface area contributed by atoms with Gasteiger partial charge in [0.25, 0.3) is 0 Å². The summed E-state index contributed by atoms with van der Waals surface area (Å²) in [6, 6.07) is 0. The van der Waals surface area contributed by atoms with Crippen molar-refractivity contribution in [2.45, 2.75) is 32.8 Å². The van der Waals surface area contributed by atoms with Crippen molar-refractivity contribution in [1.82, 2.24) is 0 Å². The molecule has 1 aliphatic rings. The number of alkyl halides is 1. The van der Waals surface area contributed by atoms with Crippen molar-refractivity contribution in [2.75, 3.05) is 12.5 Å². The average Bonchev–Trinajstić information content (AvgIpc) is 2.70. The summed E-state index contributed by atoms with van der Waals surface area (Å²) < 4.78 is 4.73. The minimum Gasteiger partial charge on any atom is -0.372 e. The molecule has 0 aromatic heterocycles. The zero-order valence-corrected chi connectivity index (χ0v) is 6.95. The molecule has 1 fully saturated rings. The fourth-order valence-electron chi connectivity index (χ4n) is 0.157. The van der Waals surface area contributed by atoms with Crippen LogP contribution < -0.4 is 0 Å². The highest BCUT2D eigenvalue weighted by atomic mass is 35.5. The quantitative estimate of drug-likeness (QED) is 0.435. The first-order valence-electron chi connectivity index (χ1n) is 3.52. The van der Waals surface area contributed by atoms with Crippen LogP contribution in [0.2, 0.25) is 0 Å². The van der Waals surface area contributed by atoms with E-state index in [1.54, 1.807) is 0 Å². The molecule has 1 saturated heterocycles. The molecule has 0 aromatic carbocycles. The molecule has 9 heavy (non-hydrogen) atoms.